The number of phenolic OH excluding ortho intramolecular Hbond substituents is 2. The number of hydrogen-bond acceptors (Lipinski definition) is 6. The van der Waals surface area contributed by atoms with Crippen molar-refractivity contribution in [3.05, 3.63) is 87.3 Å². The second kappa shape index (κ2) is 9.38. The van der Waals surface area contributed by atoms with Gasteiger partial charge in [0.1, 0.15) is 17.2 Å². The molecule has 0 aliphatic heterocycles. The van der Waals surface area contributed by atoms with Crippen LogP contribution < -0.4 is 5.56 Å². The van der Waals surface area contributed by atoms with Gasteiger partial charge in [-0.15, -0.1) is 0 Å². The first kappa shape index (κ1) is 22.0. The zero-order chi connectivity index (χ0) is 22.5. The summed E-state index contributed by atoms with van der Waals surface area (Å²) in [7, 11) is 1.26. The average molecular weight is 423 g/mol. The van der Waals surface area contributed by atoms with Crippen molar-refractivity contribution in [3.63, 3.8) is 0 Å². The summed E-state index contributed by atoms with van der Waals surface area (Å²) in [6.07, 6.45) is 0.378. The minimum Gasteiger partial charge on any atom is -0.508 e. The molecule has 0 spiro atoms. The maximum atomic E-state index is 13.4. The molecule has 1 aromatic heterocycles. The second-order valence-electron chi connectivity index (χ2n) is 7.39. The van der Waals surface area contributed by atoms with Gasteiger partial charge in [0.15, 0.2) is 0 Å². The number of aromatic nitrogens is 1. The number of ether oxygens (including phenoxy) is 1. The Bertz CT molecular complexity index is 1130. The van der Waals surface area contributed by atoms with E-state index in [1.807, 2.05) is 0 Å². The van der Waals surface area contributed by atoms with E-state index in [4.69, 9.17) is 4.74 Å². The van der Waals surface area contributed by atoms with Crippen LogP contribution >= 0.6 is 0 Å². The van der Waals surface area contributed by atoms with Gasteiger partial charge in [0.2, 0.25) is 0 Å². The largest absolute Gasteiger partial charge is 0.508 e. The number of hydrogen-bond donors (Lipinski definition) is 3. The van der Waals surface area contributed by atoms with Gasteiger partial charge >= 0.3 is 5.97 Å². The standard InChI is InChI=1S/C24H25NO6/c1-15-12-21(28)23(20(14-22(29)31-2)17-4-3-5-19(27)13-17)24(30)25(15)11-10-16-6-8-18(26)9-7-16/h3-9,12-13,20,26-28H,10-11,14H2,1-2H3/t20-/m0/s1. The van der Waals surface area contributed by atoms with Gasteiger partial charge in [-0.3, -0.25) is 9.59 Å². The molecule has 0 amide bonds. The number of aryl methyl sites for hydroxylation is 2. The number of benzene rings is 2. The Balaban J connectivity index is 2.04. The first-order valence-corrected chi connectivity index (χ1v) is 9.87. The Hall–Kier alpha value is -3.74. The molecule has 162 valence electrons. The van der Waals surface area contributed by atoms with Crippen LogP contribution in [0.15, 0.2) is 59.4 Å². The second-order valence-corrected chi connectivity index (χ2v) is 7.39. The lowest BCUT2D eigenvalue weighted by atomic mass is 9.88. The van der Waals surface area contributed by atoms with E-state index >= 15 is 0 Å². The van der Waals surface area contributed by atoms with Crippen molar-refractivity contribution in [2.75, 3.05) is 7.11 Å². The van der Waals surface area contributed by atoms with E-state index in [2.05, 4.69) is 0 Å². The fourth-order valence-corrected chi connectivity index (χ4v) is 3.66. The molecule has 0 fully saturated rings. The van der Waals surface area contributed by atoms with Gasteiger partial charge in [-0.05, 0) is 54.8 Å². The van der Waals surface area contributed by atoms with Crippen molar-refractivity contribution in [2.45, 2.75) is 32.2 Å². The van der Waals surface area contributed by atoms with Crippen LogP contribution in [0.2, 0.25) is 0 Å². The van der Waals surface area contributed by atoms with Crippen LogP contribution in [-0.4, -0.2) is 33.0 Å². The van der Waals surface area contributed by atoms with E-state index in [9.17, 15) is 24.9 Å². The topological polar surface area (TPSA) is 109 Å². The van der Waals surface area contributed by atoms with Crippen LogP contribution in [0.1, 0.15) is 34.7 Å². The molecule has 0 aliphatic carbocycles. The van der Waals surface area contributed by atoms with Crippen molar-refractivity contribution in [1.29, 1.82) is 0 Å². The van der Waals surface area contributed by atoms with Crippen LogP contribution in [-0.2, 0) is 22.5 Å². The SMILES string of the molecule is COC(=O)C[C@@H](c1cccc(O)c1)c1c(O)cc(C)n(CCc2ccc(O)cc2)c1=O. The molecule has 0 saturated heterocycles. The number of methoxy groups -OCH3 is 1. The molecule has 3 aromatic rings. The molecule has 3 rings (SSSR count). The highest BCUT2D eigenvalue weighted by Gasteiger charge is 2.26. The molecule has 0 radical (unpaired) electrons. The van der Waals surface area contributed by atoms with Crippen LogP contribution in [0.3, 0.4) is 0 Å². The lowest BCUT2D eigenvalue weighted by Crippen LogP contribution is -2.29. The van der Waals surface area contributed by atoms with Crippen molar-refractivity contribution < 1.29 is 24.9 Å². The number of carbonyl (C=O) groups excluding carboxylic acids is 1. The van der Waals surface area contributed by atoms with Gasteiger partial charge < -0.3 is 24.6 Å². The van der Waals surface area contributed by atoms with E-state index in [1.54, 1.807) is 47.9 Å². The summed E-state index contributed by atoms with van der Waals surface area (Å²) in [5.74, 6) is -1.37. The maximum absolute atomic E-state index is 13.4. The average Bonchev–Trinajstić information content (AvgIpc) is 2.73. The van der Waals surface area contributed by atoms with Gasteiger partial charge in [0.25, 0.3) is 5.56 Å². The predicted octanol–water partition coefficient (Wildman–Crippen LogP) is 3.21. The van der Waals surface area contributed by atoms with E-state index < -0.39 is 17.4 Å². The summed E-state index contributed by atoms with van der Waals surface area (Å²) in [5, 5.41) is 30.0. The molecule has 3 N–H and O–H groups in total. The molecule has 7 nitrogen and oxygen atoms in total. The first-order chi connectivity index (χ1) is 14.8. The minimum atomic E-state index is -0.785. The highest BCUT2D eigenvalue weighted by molar-refractivity contribution is 5.71. The normalized spacial score (nSPS) is 11.8. The maximum Gasteiger partial charge on any atom is 0.306 e. The molecular formula is C24H25NO6. The highest BCUT2D eigenvalue weighted by Crippen LogP contribution is 2.33. The van der Waals surface area contributed by atoms with Crippen LogP contribution in [0, 0.1) is 6.92 Å². The molecule has 0 aliphatic rings. The Kier molecular flexibility index (Phi) is 6.65. The molecule has 7 heteroatoms. The van der Waals surface area contributed by atoms with E-state index in [0.29, 0.717) is 24.2 Å². The third-order valence-corrected chi connectivity index (χ3v) is 5.30. The number of nitrogens with zero attached hydrogens (tertiary/aromatic N) is 1. The number of aromatic hydroxyl groups is 3. The van der Waals surface area contributed by atoms with Gasteiger partial charge in [-0.2, -0.15) is 0 Å². The molecule has 0 bridgehead atoms. The zero-order valence-electron chi connectivity index (χ0n) is 17.4. The fourth-order valence-electron chi connectivity index (χ4n) is 3.66. The number of rotatable bonds is 7. The molecule has 1 heterocycles. The summed E-state index contributed by atoms with van der Waals surface area (Å²) >= 11 is 0. The monoisotopic (exact) mass is 423 g/mol. The highest BCUT2D eigenvalue weighted by atomic mass is 16.5. The van der Waals surface area contributed by atoms with Crippen molar-refractivity contribution >= 4 is 5.97 Å². The van der Waals surface area contributed by atoms with Gasteiger partial charge in [0.05, 0.1) is 19.1 Å². The summed E-state index contributed by atoms with van der Waals surface area (Å²) < 4.78 is 6.34. The number of esters is 1. The van der Waals surface area contributed by atoms with Crippen LogP contribution in [0.5, 0.6) is 17.2 Å². The fraction of sp³-hybridized carbons (Fsp3) is 0.250. The predicted molar refractivity (Wildman–Crippen MR) is 115 cm³/mol. The molecule has 1 atom stereocenters. The Morgan fingerprint density at radius 3 is 2.39 bits per heavy atom. The van der Waals surface area contributed by atoms with Gasteiger partial charge in [-0.25, -0.2) is 0 Å². The number of carbonyl (C=O) groups is 1. The lowest BCUT2D eigenvalue weighted by molar-refractivity contribution is -0.140. The summed E-state index contributed by atoms with van der Waals surface area (Å²) in [4.78, 5) is 25.5. The van der Waals surface area contributed by atoms with Gasteiger partial charge in [0, 0.05) is 18.2 Å². The Morgan fingerprint density at radius 1 is 1.03 bits per heavy atom. The molecular weight excluding hydrogens is 398 g/mol. The van der Waals surface area contributed by atoms with E-state index in [0.717, 1.165) is 5.56 Å². The number of phenols is 2. The van der Waals surface area contributed by atoms with Crippen molar-refractivity contribution in [3.8, 4) is 17.2 Å². The summed E-state index contributed by atoms with van der Waals surface area (Å²) in [5.41, 5.74) is 1.71. The molecule has 0 saturated carbocycles. The number of pyridine rings is 1. The van der Waals surface area contributed by atoms with E-state index in [1.165, 1.54) is 25.3 Å². The van der Waals surface area contributed by atoms with E-state index in [-0.39, 0.29) is 29.2 Å². The molecule has 0 unspecified atom stereocenters. The third-order valence-electron chi connectivity index (χ3n) is 5.30. The van der Waals surface area contributed by atoms with Gasteiger partial charge in [-0.1, -0.05) is 24.3 Å². The minimum absolute atomic E-state index is 0.00776. The zero-order valence-corrected chi connectivity index (χ0v) is 17.4. The van der Waals surface area contributed by atoms with Crippen LogP contribution in [0.4, 0.5) is 0 Å². The Morgan fingerprint density at radius 2 is 1.74 bits per heavy atom. The quantitative estimate of drug-likeness (QED) is 0.504. The smallest absolute Gasteiger partial charge is 0.306 e. The summed E-state index contributed by atoms with van der Waals surface area (Å²) in [6.45, 7) is 2.08. The molecule has 31 heavy (non-hydrogen) atoms. The Labute approximate surface area is 179 Å². The molecule has 2 aromatic carbocycles. The van der Waals surface area contributed by atoms with Crippen molar-refractivity contribution in [2.24, 2.45) is 0 Å². The van der Waals surface area contributed by atoms with Crippen LogP contribution in [0.25, 0.3) is 0 Å². The third kappa shape index (κ3) is 5.06. The lowest BCUT2D eigenvalue weighted by Gasteiger charge is -2.20. The summed E-state index contributed by atoms with van der Waals surface area (Å²) in [6, 6.07) is 14.5. The first-order valence-electron chi connectivity index (χ1n) is 9.87. The van der Waals surface area contributed by atoms with Crippen molar-refractivity contribution in [1.82, 2.24) is 4.57 Å².